The molecule has 2 heterocycles. The molecule has 0 aromatic carbocycles. The Balaban J connectivity index is 2.27. The summed E-state index contributed by atoms with van der Waals surface area (Å²) < 4.78 is 2.72. The highest BCUT2D eigenvalue weighted by atomic mass is 79.9. The third-order valence-electron chi connectivity index (χ3n) is 4.02. The number of halogens is 1. The molecule has 7 heteroatoms. The van der Waals surface area contributed by atoms with Crippen LogP contribution < -0.4 is 5.32 Å². The van der Waals surface area contributed by atoms with Gasteiger partial charge < -0.3 is 10.2 Å². The number of rotatable bonds is 5. The minimum atomic E-state index is 0.233. The number of nitrogens with zero attached hydrogens (tertiary/aromatic N) is 5. The molecular weight excluding hydrogens is 320 g/mol. The molecule has 1 aromatic rings. The van der Waals surface area contributed by atoms with E-state index in [1.165, 1.54) is 0 Å². The van der Waals surface area contributed by atoms with E-state index in [-0.39, 0.29) is 6.04 Å². The number of nitrogens with one attached hydrogen (secondary N) is 1. The van der Waals surface area contributed by atoms with Gasteiger partial charge in [-0.25, -0.2) is 4.68 Å². The van der Waals surface area contributed by atoms with Crippen molar-refractivity contribution in [2.24, 2.45) is 7.05 Å². The average Bonchev–Trinajstić information content (AvgIpc) is 2.74. The molecule has 2 atom stereocenters. The molecule has 0 saturated carbocycles. The molecule has 0 amide bonds. The first-order valence-electron chi connectivity index (χ1n) is 7.21. The van der Waals surface area contributed by atoms with Crippen LogP contribution in [0.15, 0.2) is 4.60 Å². The van der Waals surface area contributed by atoms with Crippen LogP contribution in [-0.2, 0) is 7.05 Å². The second-order valence-corrected chi connectivity index (χ2v) is 6.38. The molecule has 0 radical (unpaired) electrons. The minimum Gasteiger partial charge on any atom is -0.307 e. The molecule has 2 unspecified atom stereocenters. The van der Waals surface area contributed by atoms with Gasteiger partial charge in [-0.3, -0.25) is 4.90 Å². The van der Waals surface area contributed by atoms with Gasteiger partial charge in [0.15, 0.2) is 4.60 Å². The largest absolute Gasteiger partial charge is 0.307 e. The lowest BCUT2D eigenvalue weighted by Gasteiger charge is -2.42. The topological polar surface area (TPSA) is 49.2 Å². The van der Waals surface area contributed by atoms with Crippen LogP contribution in [0.3, 0.4) is 0 Å². The molecule has 0 bridgehead atoms. The van der Waals surface area contributed by atoms with Gasteiger partial charge in [-0.15, -0.1) is 5.10 Å². The van der Waals surface area contributed by atoms with E-state index in [0.717, 1.165) is 42.9 Å². The van der Waals surface area contributed by atoms with E-state index < -0.39 is 0 Å². The maximum absolute atomic E-state index is 4.14. The number of aryl methyl sites for hydroxylation is 1. The van der Waals surface area contributed by atoms with Gasteiger partial charge in [-0.05, 0) is 43.0 Å². The van der Waals surface area contributed by atoms with Crippen LogP contribution in [0.5, 0.6) is 0 Å². The van der Waals surface area contributed by atoms with E-state index in [9.17, 15) is 0 Å². The van der Waals surface area contributed by atoms with Crippen molar-refractivity contribution in [1.29, 1.82) is 0 Å². The van der Waals surface area contributed by atoms with Crippen molar-refractivity contribution in [2.45, 2.75) is 25.4 Å². The van der Waals surface area contributed by atoms with Crippen LogP contribution in [-0.4, -0.2) is 71.1 Å². The van der Waals surface area contributed by atoms with Crippen LogP contribution in [0.2, 0.25) is 0 Å². The van der Waals surface area contributed by atoms with Crippen LogP contribution in [0.4, 0.5) is 0 Å². The molecular formula is C13H25BrN6. The normalized spacial score (nSPS) is 23.1. The van der Waals surface area contributed by atoms with Crippen molar-refractivity contribution in [2.75, 3.05) is 40.3 Å². The van der Waals surface area contributed by atoms with Gasteiger partial charge >= 0.3 is 0 Å². The van der Waals surface area contributed by atoms with E-state index >= 15 is 0 Å². The van der Waals surface area contributed by atoms with Gasteiger partial charge in [0.05, 0.1) is 11.7 Å². The summed E-state index contributed by atoms with van der Waals surface area (Å²) >= 11 is 3.54. The second kappa shape index (κ2) is 6.98. The zero-order valence-electron chi connectivity index (χ0n) is 12.8. The third kappa shape index (κ3) is 3.39. The fraction of sp³-hybridized carbons (Fsp3) is 0.846. The molecule has 1 aliphatic heterocycles. The number of likely N-dealkylation sites (N-methyl/N-ethyl adjacent to an activating group) is 2. The molecule has 2 rings (SSSR count). The van der Waals surface area contributed by atoms with E-state index in [1.807, 2.05) is 11.7 Å². The first-order chi connectivity index (χ1) is 9.54. The Morgan fingerprint density at radius 2 is 2.10 bits per heavy atom. The monoisotopic (exact) mass is 344 g/mol. The Bertz CT molecular complexity index is 415. The van der Waals surface area contributed by atoms with Crippen molar-refractivity contribution in [3.05, 3.63) is 10.3 Å². The second-order valence-electron chi connectivity index (χ2n) is 5.63. The predicted octanol–water partition coefficient (Wildman–Crippen LogP) is 0.864. The minimum absolute atomic E-state index is 0.233. The molecule has 1 saturated heterocycles. The zero-order chi connectivity index (χ0) is 14.7. The smallest absolute Gasteiger partial charge is 0.153 e. The lowest BCUT2D eigenvalue weighted by molar-refractivity contribution is 0.0853. The highest BCUT2D eigenvalue weighted by Crippen LogP contribution is 2.27. The molecule has 1 N–H and O–H groups in total. The highest BCUT2D eigenvalue weighted by molar-refractivity contribution is 9.10. The summed E-state index contributed by atoms with van der Waals surface area (Å²) in [6.07, 6.45) is 1.12. The summed E-state index contributed by atoms with van der Waals surface area (Å²) in [4.78, 5) is 4.83. The lowest BCUT2D eigenvalue weighted by Crippen LogP contribution is -2.55. The molecule has 6 nitrogen and oxygen atoms in total. The Hall–Kier alpha value is -0.500. The molecule has 1 aliphatic rings. The van der Waals surface area contributed by atoms with Gasteiger partial charge in [-0.2, -0.15) is 0 Å². The van der Waals surface area contributed by atoms with Gasteiger partial charge in [0.1, 0.15) is 0 Å². The summed E-state index contributed by atoms with van der Waals surface area (Å²) in [6.45, 7) is 6.45. The number of hydrogen-bond donors (Lipinski definition) is 1. The number of piperazine rings is 1. The van der Waals surface area contributed by atoms with Crippen molar-refractivity contribution in [1.82, 2.24) is 30.1 Å². The molecule has 1 aromatic heterocycles. The Kier molecular flexibility index (Phi) is 5.54. The summed E-state index contributed by atoms with van der Waals surface area (Å²) in [5, 5.41) is 11.9. The standard InChI is InChI=1S/C13H25BrN6/c1-5-6-15-11(12-13(14)16-17-20(12)4)10-9-18(2)7-8-19(10)3/h10-11,15H,5-9H2,1-4H3. The lowest BCUT2D eigenvalue weighted by atomic mass is 10.0. The molecule has 0 aliphatic carbocycles. The van der Waals surface area contributed by atoms with Gasteiger partial charge in [-0.1, -0.05) is 12.1 Å². The van der Waals surface area contributed by atoms with Crippen molar-refractivity contribution in [3.8, 4) is 0 Å². The first-order valence-corrected chi connectivity index (χ1v) is 8.01. The summed E-state index contributed by atoms with van der Waals surface area (Å²) in [7, 11) is 6.35. The Labute approximate surface area is 129 Å². The quantitative estimate of drug-likeness (QED) is 0.858. The first kappa shape index (κ1) is 15.9. The molecule has 114 valence electrons. The van der Waals surface area contributed by atoms with Gasteiger partial charge in [0.25, 0.3) is 0 Å². The Morgan fingerprint density at radius 1 is 1.35 bits per heavy atom. The van der Waals surface area contributed by atoms with E-state index in [0.29, 0.717) is 6.04 Å². The summed E-state index contributed by atoms with van der Waals surface area (Å²) in [5.74, 6) is 0. The fourth-order valence-electron chi connectivity index (χ4n) is 2.79. The fourth-order valence-corrected chi connectivity index (χ4v) is 3.36. The zero-order valence-corrected chi connectivity index (χ0v) is 14.4. The summed E-state index contributed by atoms with van der Waals surface area (Å²) in [5.41, 5.74) is 1.13. The van der Waals surface area contributed by atoms with Crippen molar-refractivity contribution in [3.63, 3.8) is 0 Å². The molecule has 0 spiro atoms. The van der Waals surface area contributed by atoms with Crippen LogP contribution in [0.25, 0.3) is 0 Å². The van der Waals surface area contributed by atoms with E-state index in [2.05, 4.69) is 62.4 Å². The number of aromatic nitrogens is 3. The molecule has 20 heavy (non-hydrogen) atoms. The predicted molar refractivity (Wildman–Crippen MR) is 83.7 cm³/mol. The SMILES string of the molecule is CCCNC(c1c(Br)nnn1C)C1CN(C)CCN1C. The van der Waals surface area contributed by atoms with E-state index in [1.54, 1.807) is 0 Å². The van der Waals surface area contributed by atoms with Crippen molar-refractivity contribution >= 4 is 15.9 Å². The van der Waals surface area contributed by atoms with E-state index in [4.69, 9.17) is 0 Å². The maximum atomic E-state index is 4.14. The number of hydrogen-bond acceptors (Lipinski definition) is 5. The Morgan fingerprint density at radius 3 is 2.70 bits per heavy atom. The van der Waals surface area contributed by atoms with Crippen LogP contribution in [0.1, 0.15) is 25.1 Å². The van der Waals surface area contributed by atoms with Crippen molar-refractivity contribution < 1.29 is 0 Å². The highest BCUT2D eigenvalue weighted by Gasteiger charge is 2.33. The average molecular weight is 345 g/mol. The third-order valence-corrected chi connectivity index (χ3v) is 4.58. The van der Waals surface area contributed by atoms with Crippen LogP contribution >= 0.6 is 15.9 Å². The van der Waals surface area contributed by atoms with Gasteiger partial charge in [0, 0.05) is 32.7 Å². The summed E-state index contributed by atoms with van der Waals surface area (Å²) in [6, 6.07) is 0.658. The molecule has 1 fully saturated rings. The van der Waals surface area contributed by atoms with Gasteiger partial charge in [0.2, 0.25) is 0 Å². The van der Waals surface area contributed by atoms with Crippen LogP contribution in [0, 0.1) is 0 Å². The maximum Gasteiger partial charge on any atom is 0.153 e.